The van der Waals surface area contributed by atoms with Gasteiger partial charge >= 0.3 is 0 Å². The van der Waals surface area contributed by atoms with Gasteiger partial charge in [0.05, 0.1) is 0 Å². The molecule has 0 saturated carbocycles. The van der Waals surface area contributed by atoms with Crippen LogP contribution in [0.2, 0.25) is 0 Å². The lowest BCUT2D eigenvalue weighted by molar-refractivity contribution is 0.0945. The van der Waals surface area contributed by atoms with Crippen molar-refractivity contribution in [1.29, 1.82) is 0 Å². The maximum Gasteiger partial charge on any atom is 0.251 e. The van der Waals surface area contributed by atoms with E-state index in [-0.39, 0.29) is 5.91 Å². The van der Waals surface area contributed by atoms with E-state index < -0.39 is 0 Å². The predicted molar refractivity (Wildman–Crippen MR) is 75.0 cm³/mol. The monoisotopic (exact) mass is 246 g/mol. The number of benzene rings is 1. The van der Waals surface area contributed by atoms with E-state index in [2.05, 4.69) is 31.4 Å². The van der Waals surface area contributed by atoms with Gasteiger partial charge in [0.15, 0.2) is 0 Å². The minimum Gasteiger partial charge on any atom is -0.384 e. The minimum absolute atomic E-state index is 0.0391. The van der Waals surface area contributed by atoms with Crippen molar-refractivity contribution in [1.82, 2.24) is 5.32 Å². The number of hydrogen-bond donors (Lipinski definition) is 2. The van der Waals surface area contributed by atoms with E-state index in [1.54, 1.807) is 0 Å². The van der Waals surface area contributed by atoms with Crippen LogP contribution in [0.4, 0.5) is 5.69 Å². The van der Waals surface area contributed by atoms with Crippen LogP contribution in [0.1, 0.15) is 36.7 Å². The van der Waals surface area contributed by atoms with Crippen molar-refractivity contribution in [2.24, 2.45) is 11.8 Å². The molecular weight excluding hydrogens is 224 g/mol. The van der Waals surface area contributed by atoms with Gasteiger partial charge in [0.1, 0.15) is 0 Å². The summed E-state index contributed by atoms with van der Waals surface area (Å²) in [5.74, 6) is 1.14. The number of carbonyl (C=O) groups is 1. The second-order valence-electron chi connectivity index (χ2n) is 5.48. The van der Waals surface area contributed by atoms with Crippen LogP contribution in [-0.4, -0.2) is 19.0 Å². The molecule has 0 fully saturated rings. The van der Waals surface area contributed by atoms with E-state index in [4.69, 9.17) is 0 Å². The van der Waals surface area contributed by atoms with Gasteiger partial charge in [-0.1, -0.05) is 20.8 Å². The summed E-state index contributed by atoms with van der Waals surface area (Å²) >= 11 is 0. The molecule has 3 heteroatoms. The molecule has 0 bridgehead atoms. The number of nitrogens with one attached hydrogen (secondary N) is 2. The first-order valence-corrected chi connectivity index (χ1v) is 6.73. The molecule has 1 aliphatic rings. The molecule has 0 spiro atoms. The molecule has 98 valence electrons. The fraction of sp³-hybridized carbons (Fsp3) is 0.533. The molecule has 18 heavy (non-hydrogen) atoms. The van der Waals surface area contributed by atoms with E-state index in [0.717, 1.165) is 25.1 Å². The first-order valence-electron chi connectivity index (χ1n) is 6.73. The van der Waals surface area contributed by atoms with Gasteiger partial charge in [0.25, 0.3) is 5.91 Å². The van der Waals surface area contributed by atoms with Crippen LogP contribution < -0.4 is 10.6 Å². The predicted octanol–water partition coefficient (Wildman–Crippen LogP) is 2.68. The second kappa shape index (κ2) is 5.42. The Labute approximate surface area is 109 Å². The summed E-state index contributed by atoms with van der Waals surface area (Å²) in [6, 6.07) is 5.90. The number of rotatable bonds is 4. The van der Waals surface area contributed by atoms with E-state index in [9.17, 15) is 4.79 Å². The minimum atomic E-state index is 0.0391. The SMILES string of the molecule is CC(C)C(C)CNC(=O)c1ccc2c(c1)CCN2. The van der Waals surface area contributed by atoms with Gasteiger partial charge in [-0.05, 0) is 42.0 Å². The lowest BCUT2D eigenvalue weighted by Crippen LogP contribution is -2.30. The van der Waals surface area contributed by atoms with Gasteiger partial charge in [-0.25, -0.2) is 0 Å². The Balaban J connectivity index is 1.97. The van der Waals surface area contributed by atoms with Gasteiger partial charge in [-0.15, -0.1) is 0 Å². The molecule has 1 aliphatic heterocycles. The first-order chi connectivity index (χ1) is 8.58. The molecule has 0 aliphatic carbocycles. The zero-order valence-electron chi connectivity index (χ0n) is 11.4. The van der Waals surface area contributed by atoms with Crippen LogP contribution in [0.25, 0.3) is 0 Å². The van der Waals surface area contributed by atoms with Gasteiger partial charge < -0.3 is 10.6 Å². The zero-order chi connectivity index (χ0) is 13.1. The van der Waals surface area contributed by atoms with E-state index in [0.29, 0.717) is 11.8 Å². The lowest BCUT2D eigenvalue weighted by atomic mass is 9.98. The van der Waals surface area contributed by atoms with Crippen molar-refractivity contribution >= 4 is 11.6 Å². The molecule has 2 N–H and O–H groups in total. The topological polar surface area (TPSA) is 41.1 Å². The number of anilines is 1. The number of carbonyl (C=O) groups excluding carboxylic acids is 1. The Morgan fingerprint density at radius 2 is 2.17 bits per heavy atom. The maximum atomic E-state index is 12.0. The van der Waals surface area contributed by atoms with Crippen molar-refractivity contribution < 1.29 is 4.79 Å². The third kappa shape index (κ3) is 2.84. The Bertz CT molecular complexity index is 440. The average Bonchev–Trinajstić information content (AvgIpc) is 2.82. The average molecular weight is 246 g/mol. The third-order valence-corrected chi connectivity index (χ3v) is 3.80. The molecular formula is C15H22N2O. The Morgan fingerprint density at radius 1 is 1.39 bits per heavy atom. The molecule has 1 amide bonds. The van der Waals surface area contributed by atoms with Crippen molar-refractivity contribution in [2.75, 3.05) is 18.4 Å². The highest BCUT2D eigenvalue weighted by atomic mass is 16.1. The van der Waals surface area contributed by atoms with Gasteiger partial charge in [0.2, 0.25) is 0 Å². The first kappa shape index (κ1) is 12.9. The molecule has 3 nitrogen and oxygen atoms in total. The quantitative estimate of drug-likeness (QED) is 0.857. The van der Waals surface area contributed by atoms with Gasteiger partial charge in [0, 0.05) is 24.3 Å². The lowest BCUT2D eigenvalue weighted by Gasteiger charge is -2.16. The van der Waals surface area contributed by atoms with Crippen molar-refractivity contribution in [3.05, 3.63) is 29.3 Å². The molecule has 1 aromatic carbocycles. The van der Waals surface area contributed by atoms with Crippen LogP contribution in [0, 0.1) is 11.8 Å². The van der Waals surface area contributed by atoms with Crippen LogP contribution >= 0.6 is 0 Å². The summed E-state index contributed by atoms with van der Waals surface area (Å²) in [4.78, 5) is 12.0. The summed E-state index contributed by atoms with van der Waals surface area (Å²) < 4.78 is 0. The standard InChI is InChI=1S/C15H22N2O/c1-10(2)11(3)9-17-15(18)13-4-5-14-12(8-13)6-7-16-14/h4-5,8,10-11,16H,6-7,9H2,1-3H3,(H,17,18). The summed E-state index contributed by atoms with van der Waals surface area (Å²) in [6.07, 6.45) is 1.01. The van der Waals surface area contributed by atoms with Gasteiger partial charge in [-0.2, -0.15) is 0 Å². The van der Waals surface area contributed by atoms with E-state index >= 15 is 0 Å². The van der Waals surface area contributed by atoms with Crippen molar-refractivity contribution in [3.63, 3.8) is 0 Å². The fourth-order valence-corrected chi connectivity index (χ4v) is 2.04. The Morgan fingerprint density at radius 3 is 2.89 bits per heavy atom. The van der Waals surface area contributed by atoms with E-state index in [1.165, 1.54) is 11.3 Å². The normalized spacial score (nSPS) is 15.1. The largest absolute Gasteiger partial charge is 0.384 e. The third-order valence-electron chi connectivity index (χ3n) is 3.80. The second-order valence-corrected chi connectivity index (χ2v) is 5.48. The molecule has 1 aromatic rings. The molecule has 1 heterocycles. The number of amides is 1. The summed E-state index contributed by atoms with van der Waals surface area (Å²) in [6.45, 7) is 8.24. The van der Waals surface area contributed by atoms with Crippen LogP contribution in [0.3, 0.4) is 0 Å². The van der Waals surface area contributed by atoms with Crippen LogP contribution in [0.15, 0.2) is 18.2 Å². The molecule has 0 saturated heterocycles. The molecule has 1 atom stereocenters. The molecule has 0 aromatic heterocycles. The highest BCUT2D eigenvalue weighted by Crippen LogP contribution is 2.22. The van der Waals surface area contributed by atoms with Crippen molar-refractivity contribution in [3.8, 4) is 0 Å². The van der Waals surface area contributed by atoms with Gasteiger partial charge in [-0.3, -0.25) is 4.79 Å². The summed E-state index contributed by atoms with van der Waals surface area (Å²) in [5.41, 5.74) is 3.19. The van der Waals surface area contributed by atoms with Crippen LogP contribution in [-0.2, 0) is 6.42 Å². The summed E-state index contributed by atoms with van der Waals surface area (Å²) in [7, 11) is 0. The van der Waals surface area contributed by atoms with E-state index in [1.807, 2.05) is 18.2 Å². The summed E-state index contributed by atoms with van der Waals surface area (Å²) in [5, 5.41) is 6.31. The molecule has 1 unspecified atom stereocenters. The fourth-order valence-electron chi connectivity index (χ4n) is 2.04. The highest BCUT2D eigenvalue weighted by molar-refractivity contribution is 5.95. The maximum absolute atomic E-state index is 12.0. The zero-order valence-corrected chi connectivity index (χ0v) is 11.4. The van der Waals surface area contributed by atoms with Crippen LogP contribution in [0.5, 0.6) is 0 Å². The number of hydrogen-bond acceptors (Lipinski definition) is 2. The number of fused-ring (bicyclic) bond motifs is 1. The Hall–Kier alpha value is -1.51. The van der Waals surface area contributed by atoms with Crippen molar-refractivity contribution in [2.45, 2.75) is 27.2 Å². The smallest absolute Gasteiger partial charge is 0.251 e. The molecule has 2 rings (SSSR count). The Kier molecular flexibility index (Phi) is 3.90. The highest BCUT2D eigenvalue weighted by Gasteiger charge is 2.14. The molecule has 0 radical (unpaired) electrons.